The summed E-state index contributed by atoms with van der Waals surface area (Å²) in [5, 5.41) is 0. The number of rotatable bonds is 4. The first-order valence-electron chi connectivity index (χ1n) is 7.44. The largest absolute Gasteiger partial charge is 0.425 e. The number of carbonyl (C=O) groups excluding carboxylic acids is 1. The van der Waals surface area contributed by atoms with Crippen LogP contribution in [0.1, 0.15) is 25.3 Å². The van der Waals surface area contributed by atoms with Crippen molar-refractivity contribution in [1.29, 1.82) is 0 Å². The number of benzene rings is 2. The summed E-state index contributed by atoms with van der Waals surface area (Å²) in [6.45, 7) is 3.86. The Balaban J connectivity index is 1.85. The van der Waals surface area contributed by atoms with Crippen molar-refractivity contribution in [3.63, 3.8) is 0 Å². The molecule has 0 unspecified atom stereocenters. The van der Waals surface area contributed by atoms with Gasteiger partial charge in [-0.25, -0.2) is 9.59 Å². The average molecular weight is 311 g/mol. The van der Waals surface area contributed by atoms with Gasteiger partial charge in [0, 0.05) is 0 Å². The van der Waals surface area contributed by atoms with Crippen LogP contribution in [-0.4, -0.2) is 10.5 Å². The van der Waals surface area contributed by atoms with E-state index in [2.05, 4.69) is 0 Å². The fourth-order valence-electron chi connectivity index (χ4n) is 2.50. The van der Waals surface area contributed by atoms with Crippen LogP contribution in [0.25, 0.3) is 11.1 Å². The van der Waals surface area contributed by atoms with Crippen molar-refractivity contribution >= 4 is 17.1 Å². The number of nitrogens with zero attached hydrogens (tertiary/aromatic N) is 1. The molecule has 3 rings (SSSR count). The molecule has 0 aliphatic rings. The lowest BCUT2D eigenvalue weighted by molar-refractivity contribution is -0.135. The summed E-state index contributed by atoms with van der Waals surface area (Å²) in [6.07, 6.45) is 0. The van der Waals surface area contributed by atoms with Crippen LogP contribution in [0.2, 0.25) is 0 Å². The van der Waals surface area contributed by atoms with Crippen molar-refractivity contribution in [2.24, 2.45) is 0 Å². The third-order valence-electron chi connectivity index (χ3n) is 3.63. The van der Waals surface area contributed by atoms with E-state index in [1.54, 1.807) is 30.3 Å². The Bertz CT molecular complexity index is 905. The molecule has 0 spiro atoms. The van der Waals surface area contributed by atoms with Crippen LogP contribution in [0.5, 0.6) is 5.75 Å². The molecule has 0 fully saturated rings. The number of hydrogen-bond acceptors (Lipinski definition) is 4. The zero-order valence-electron chi connectivity index (χ0n) is 13.0. The van der Waals surface area contributed by atoms with Crippen molar-refractivity contribution in [2.45, 2.75) is 26.3 Å². The second-order valence-corrected chi connectivity index (χ2v) is 5.59. The lowest BCUT2D eigenvalue weighted by atomic mass is 10.0. The fraction of sp³-hybridized carbons (Fsp3) is 0.222. The minimum Gasteiger partial charge on any atom is -0.425 e. The molecular weight excluding hydrogens is 294 g/mol. The van der Waals surface area contributed by atoms with Gasteiger partial charge in [-0.15, -0.1) is 0 Å². The average Bonchev–Trinajstić information content (AvgIpc) is 2.83. The molecule has 0 N–H and O–H groups in total. The molecule has 0 bridgehead atoms. The van der Waals surface area contributed by atoms with Crippen molar-refractivity contribution in [3.8, 4) is 5.75 Å². The standard InChI is InChI=1S/C18H17NO4/c1-12(2)13-7-3-5-9-15(13)22-17(20)11-19-14-8-4-6-10-16(14)23-18(19)21/h3-10,12H,11H2,1-2H3. The molecule has 0 aliphatic heterocycles. The van der Waals surface area contributed by atoms with E-state index >= 15 is 0 Å². The van der Waals surface area contributed by atoms with Crippen LogP contribution < -0.4 is 10.5 Å². The van der Waals surface area contributed by atoms with Gasteiger partial charge in [-0.3, -0.25) is 4.57 Å². The van der Waals surface area contributed by atoms with Gasteiger partial charge in [0.25, 0.3) is 0 Å². The maximum absolute atomic E-state index is 12.2. The second-order valence-electron chi connectivity index (χ2n) is 5.59. The lowest BCUT2D eigenvalue weighted by Gasteiger charge is -2.12. The highest BCUT2D eigenvalue weighted by molar-refractivity contribution is 5.77. The lowest BCUT2D eigenvalue weighted by Crippen LogP contribution is -2.23. The molecule has 3 aromatic rings. The molecule has 1 heterocycles. The maximum atomic E-state index is 12.2. The first-order chi connectivity index (χ1) is 11.1. The number of hydrogen-bond donors (Lipinski definition) is 0. The van der Waals surface area contributed by atoms with E-state index in [0.717, 1.165) is 5.56 Å². The third-order valence-corrected chi connectivity index (χ3v) is 3.63. The zero-order valence-corrected chi connectivity index (χ0v) is 13.0. The Morgan fingerprint density at radius 3 is 2.61 bits per heavy atom. The Hall–Kier alpha value is -2.82. The highest BCUT2D eigenvalue weighted by Gasteiger charge is 2.15. The minimum absolute atomic E-state index is 0.192. The summed E-state index contributed by atoms with van der Waals surface area (Å²) in [5.41, 5.74) is 1.98. The van der Waals surface area contributed by atoms with Gasteiger partial charge in [0.2, 0.25) is 0 Å². The molecule has 5 nitrogen and oxygen atoms in total. The second kappa shape index (κ2) is 6.12. The van der Waals surface area contributed by atoms with Crippen LogP contribution in [0, 0.1) is 0 Å². The van der Waals surface area contributed by atoms with E-state index in [1.807, 2.05) is 32.0 Å². The first-order valence-corrected chi connectivity index (χ1v) is 7.44. The number of carbonyl (C=O) groups is 1. The first kappa shape index (κ1) is 15.1. The molecule has 5 heteroatoms. The summed E-state index contributed by atoms with van der Waals surface area (Å²) in [5.74, 6) is -0.322. The highest BCUT2D eigenvalue weighted by Crippen LogP contribution is 2.26. The minimum atomic E-state index is -0.569. The molecule has 2 aromatic carbocycles. The van der Waals surface area contributed by atoms with E-state index in [9.17, 15) is 9.59 Å². The molecule has 0 saturated carbocycles. The number of para-hydroxylation sites is 3. The van der Waals surface area contributed by atoms with E-state index < -0.39 is 11.7 Å². The highest BCUT2D eigenvalue weighted by atomic mass is 16.5. The van der Waals surface area contributed by atoms with Gasteiger partial charge in [0.15, 0.2) is 5.58 Å². The smallest absolute Gasteiger partial charge is 0.420 e. The van der Waals surface area contributed by atoms with E-state index in [0.29, 0.717) is 16.8 Å². The van der Waals surface area contributed by atoms with Gasteiger partial charge >= 0.3 is 11.7 Å². The van der Waals surface area contributed by atoms with E-state index in [-0.39, 0.29) is 12.5 Å². The van der Waals surface area contributed by atoms with Crippen molar-refractivity contribution < 1.29 is 13.9 Å². The predicted octanol–water partition coefficient (Wildman–Crippen LogP) is 3.32. The molecule has 0 atom stereocenters. The Morgan fingerprint density at radius 2 is 1.83 bits per heavy atom. The van der Waals surface area contributed by atoms with Gasteiger partial charge in [0.05, 0.1) is 5.52 Å². The van der Waals surface area contributed by atoms with Gasteiger partial charge in [-0.05, 0) is 29.7 Å². The van der Waals surface area contributed by atoms with Crippen LogP contribution in [-0.2, 0) is 11.3 Å². The zero-order chi connectivity index (χ0) is 16.4. The van der Waals surface area contributed by atoms with E-state index in [4.69, 9.17) is 9.15 Å². The van der Waals surface area contributed by atoms with Gasteiger partial charge < -0.3 is 9.15 Å². The van der Waals surface area contributed by atoms with Crippen molar-refractivity contribution in [2.75, 3.05) is 0 Å². The van der Waals surface area contributed by atoms with E-state index in [1.165, 1.54) is 4.57 Å². The quantitative estimate of drug-likeness (QED) is 0.548. The number of esters is 1. The Morgan fingerprint density at radius 1 is 1.13 bits per heavy atom. The predicted molar refractivity (Wildman–Crippen MR) is 86.6 cm³/mol. The number of ether oxygens (including phenoxy) is 1. The normalized spacial score (nSPS) is 11.1. The summed E-state index contributed by atoms with van der Waals surface area (Å²) in [7, 11) is 0. The van der Waals surface area contributed by atoms with Crippen molar-refractivity contribution in [3.05, 3.63) is 64.6 Å². The topological polar surface area (TPSA) is 61.4 Å². The van der Waals surface area contributed by atoms with Gasteiger partial charge in [-0.1, -0.05) is 44.2 Å². The molecule has 1 aromatic heterocycles. The maximum Gasteiger partial charge on any atom is 0.420 e. The number of aromatic nitrogens is 1. The number of oxazole rings is 1. The Kier molecular flexibility index (Phi) is 4.02. The fourth-order valence-corrected chi connectivity index (χ4v) is 2.50. The SMILES string of the molecule is CC(C)c1ccccc1OC(=O)Cn1c(=O)oc2ccccc21. The summed E-state index contributed by atoms with van der Waals surface area (Å²) in [4.78, 5) is 24.1. The van der Waals surface area contributed by atoms with Gasteiger partial charge in [0.1, 0.15) is 12.3 Å². The molecule has 0 amide bonds. The Labute approximate surface area is 133 Å². The van der Waals surface area contributed by atoms with Crippen molar-refractivity contribution in [1.82, 2.24) is 4.57 Å². The van der Waals surface area contributed by atoms with Crippen LogP contribution in [0.3, 0.4) is 0 Å². The summed E-state index contributed by atoms with van der Waals surface area (Å²) in [6, 6.07) is 14.4. The van der Waals surface area contributed by atoms with Gasteiger partial charge in [-0.2, -0.15) is 0 Å². The van der Waals surface area contributed by atoms with Crippen LogP contribution >= 0.6 is 0 Å². The summed E-state index contributed by atoms with van der Waals surface area (Å²) < 4.78 is 11.8. The molecule has 0 aliphatic carbocycles. The van der Waals surface area contributed by atoms with Crippen LogP contribution in [0.4, 0.5) is 0 Å². The molecular formula is C18H17NO4. The monoisotopic (exact) mass is 311 g/mol. The molecule has 0 saturated heterocycles. The molecule has 23 heavy (non-hydrogen) atoms. The van der Waals surface area contributed by atoms with Crippen LogP contribution in [0.15, 0.2) is 57.7 Å². The number of fused-ring (bicyclic) bond motifs is 1. The summed E-state index contributed by atoms with van der Waals surface area (Å²) >= 11 is 0. The molecule has 118 valence electrons. The molecule has 0 radical (unpaired) electrons. The third kappa shape index (κ3) is 3.04.